The fourth-order valence-electron chi connectivity index (χ4n) is 7.02. The molecule has 4 amide bonds. The van der Waals surface area contributed by atoms with Crippen LogP contribution < -0.4 is 16.0 Å². The molecular weight excluding hydrogens is 536 g/mol. The number of ether oxygens (including phenoxy) is 1. The summed E-state index contributed by atoms with van der Waals surface area (Å²) in [7, 11) is 0. The van der Waals surface area contributed by atoms with Crippen molar-refractivity contribution in [3.63, 3.8) is 0 Å². The first kappa shape index (κ1) is 32.0. The van der Waals surface area contributed by atoms with E-state index in [2.05, 4.69) is 36.4 Å². The Morgan fingerprint density at radius 2 is 1.69 bits per heavy atom. The van der Waals surface area contributed by atoms with Crippen molar-refractivity contribution in [2.45, 2.75) is 116 Å². The van der Waals surface area contributed by atoms with Gasteiger partial charge in [0, 0.05) is 13.1 Å². The lowest BCUT2D eigenvalue weighted by Gasteiger charge is -2.37. The molecule has 42 heavy (non-hydrogen) atoms. The van der Waals surface area contributed by atoms with Gasteiger partial charge < -0.3 is 25.6 Å². The van der Waals surface area contributed by atoms with Crippen LogP contribution >= 0.6 is 0 Å². The molecule has 0 aromatic rings. The highest BCUT2D eigenvalue weighted by Crippen LogP contribution is 2.65. The Hall–Kier alpha value is -2.91. The summed E-state index contributed by atoms with van der Waals surface area (Å²) in [5.41, 5.74) is -0.849. The summed E-state index contributed by atoms with van der Waals surface area (Å²) in [6.45, 7) is 13.7. The number of fused-ring (bicyclic) bond motifs is 1. The van der Waals surface area contributed by atoms with Gasteiger partial charge in [-0.3, -0.25) is 19.2 Å². The van der Waals surface area contributed by atoms with Crippen LogP contribution in [0.15, 0.2) is 12.7 Å². The van der Waals surface area contributed by atoms with Crippen LogP contribution in [0.2, 0.25) is 0 Å². The molecule has 0 spiro atoms. The molecular formula is C32H50N4O6. The van der Waals surface area contributed by atoms with Crippen molar-refractivity contribution in [2.24, 2.45) is 29.1 Å². The van der Waals surface area contributed by atoms with Crippen molar-refractivity contribution in [3.05, 3.63) is 12.7 Å². The maximum Gasteiger partial charge on any atom is 0.408 e. The SMILES string of the molecule is C=CCNC(=O)C(=O)C(CCC1CC1)NC(=O)[C@@H]1C2C(CN1C(=O)[C@@H](NC(=O)OC(C)(C)C)C1CCCCC1)C2(C)C. The highest BCUT2D eigenvalue weighted by molar-refractivity contribution is 6.38. The molecule has 0 bridgehead atoms. The molecule has 10 nitrogen and oxygen atoms in total. The summed E-state index contributed by atoms with van der Waals surface area (Å²) in [6, 6.07) is -2.54. The fourth-order valence-corrected chi connectivity index (χ4v) is 7.02. The van der Waals surface area contributed by atoms with E-state index in [1.807, 2.05) is 0 Å². The molecule has 3 N–H and O–H groups in total. The van der Waals surface area contributed by atoms with E-state index in [1.54, 1.807) is 25.7 Å². The van der Waals surface area contributed by atoms with Gasteiger partial charge in [0.2, 0.25) is 17.6 Å². The highest BCUT2D eigenvalue weighted by atomic mass is 16.6. The number of likely N-dealkylation sites (tertiary alicyclic amines) is 1. The van der Waals surface area contributed by atoms with Crippen LogP contribution in [0.25, 0.3) is 0 Å². The molecule has 3 unspecified atom stereocenters. The lowest BCUT2D eigenvalue weighted by Crippen LogP contribution is -2.59. The molecule has 1 heterocycles. The van der Waals surface area contributed by atoms with E-state index in [9.17, 15) is 24.0 Å². The summed E-state index contributed by atoms with van der Waals surface area (Å²) >= 11 is 0. The van der Waals surface area contributed by atoms with Crippen molar-refractivity contribution in [1.29, 1.82) is 0 Å². The smallest absolute Gasteiger partial charge is 0.408 e. The van der Waals surface area contributed by atoms with E-state index in [0.29, 0.717) is 18.9 Å². The first-order valence-electron chi connectivity index (χ1n) is 15.8. The molecule has 4 aliphatic rings. The van der Waals surface area contributed by atoms with Crippen LogP contribution in [-0.4, -0.2) is 71.3 Å². The molecule has 3 aliphatic carbocycles. The van der Waals surface area contributed by atoms with Crippen LogP contribution in [0.1, 0.15) is 92.4 Å². The second-order valence-corrected chi connectivity index (χ2v) is 14.4. The molecule has 1 saturated heterocycles. The van der Waals surface area contributed by atoms with Crippen molar-refractivity contribution < 1.29 is 28.7 Å². The predicted molar refractivity (Wildman–Crippen MR) is 158 cm³/mol. The minimum Gasteiger partial charge on any atom is -0.444 e. The van der Waals surface area contributed by atoms with Crippen LogP contribution in [0.4, 0.5) is 4.79 Å². The van der Waals surface area contributed by atoms with E-state index in [0.717, 1.165) is 51.4 Å². The zero-order valence-electron chi connectivity index (χ0n) is 26.0. The monoisotopic (exact) mass is 586 g/mol. The lowest BCUT2D eigenvalue weighted by atomic mass is 9.83. The summed E-state index contributed by atoms with van der Waals surface area (Å²) < 4.78 is 5.51. The maximum atomic E-state index is 14.2. The third kappa shape index (κ3) is 7.53. The van der Waals surface area contributed by atoms with E-state index >= 15 is 0 Å². The highest BCUT2D eigenvalue weighted by Gasteiger charge is 2.69. The average Bonchev–Trinajstić information content (AvgIpc) is 3.79. The van der Waals surface area contributed by atoms with Gasteiger partial charge in [-0.05, 0) is 75.5 Å². The number of nitrogens with zero attached hydrogens (tertiary/aromatic N) is 1. The first-order chi connectivity index (χ1) is 19.7. The molecule has 234 valence electrons. The topological polar surface area (TPSA) is 134 Å². The zero-order valence-corrected chi connectivity index (χ0v) is 26.0. The fraction of sp³-hybridized carbons (Fsp3) is 0.781. The lowest BCUT2D eigenvalue weighted by molar-refractivity contribution is -0.145. The third-order valence-electron chi connectivity index (χ3n) is 9.64. The number of Topliss-reactive ketones (excluding diaryl/α,β-unsaturated/α-hetero) is 1. The van der Waals surface area contributed by atoms with Crippen molar-refractivity contribution in [3.8, 4) is 0 Å². The van der Waals surface area contributed by atoms with E-state index in [1.165, 1.54) is 6.08 Å². The van der Waals surface area contributed by atoms with Crippen LogP contribution in [0.5, 0.6) is 0 Å². The normalized spacial score (nSPS) is 26.3. The number of piperidine rings is 1. The average molecular weight is 587 g/mol. The van der Waals surface area contributed by atoms with Crippen LogP contribution in [0.3, 0.4) is 0 Å². The van der Waals surface area contributed by atoms with Crippen LogP contribution in [-0.2, 0) is 23.9 Å². The van der Waals surface area contributed by atoms with Gasteiger partial charge in [-0.25, -0.2) is 4.79 Å². The van der Waals surface area contributed by atoms with Gasteiger partial charge in [-0.2, -0.15) is 0 Å². The number of hydrogen-bond donors (Lipinski definition) is 3. The van der Waals surface area contributed by atoms with Gasteiger partial charge in [0.15, 0.2) is 0 Å². The Morgan fingerprint density at radius 1 is 1.02 bits per heavy atom. The Morgan fingerprint density at radius 3 is 2.29 bits per heavy atom. The number of amides is 4. The quantitative estimate of drug-likeness (QED) is 0.237. The number of ketones is 1. The molecule has 10 heteroatoms. The number of alkyl carbamates (subject to hydrolysis) is 1. The number of nitrogens with one attached hydrogen (secondary N) is 3. The van der Waals surface area contributed by atoms with Gasteiger partial charge in [0.1, 0.15) is 17.7 Å². The molecule has 3 saturated carbocycles. The van der Waals surface area contributed by atoms with Crippen molar-refractivity contribution >= 4 is 29.6 Å². The summed E-state index contributed by atoms with van der Waals surface area (Å²) in [4.78, 5) is 68.4. The van der Waals surface area contributed by atoms with E-state index in [-0.39, 0.29) is 35.6 Å². The Kier molecular flexibility index (Phi) is 9.72. The van der Waals surface area contributed by atoms with E-state index in [4.69, 9.17) is 4.74 Å². The van der Waals surface area contributed by atoms with Crippen molar-refractivity contribution in [1.82, 2.24) is 20.9 Å². The standard InChI is InChI=1S/C32H50N4O6/c1-7-17-33-28(39)26(37)22(16-15-19-13-14-19)34-27(38)25-23-21(32(23,5)6)18-36(25)29(40)24(20-11-9-8-10-12-20)35-30(41)42-31(2,3)4/h7,19-25H,1,8-18H2,2-6H3,(H,33,39)(H,34,38)(H,35,41)/t21?,22?,23?,24-,25-/m0/s1. The molecule has 0 radical (unpaired) electrons. The van der Waals surface area contributed by atoms with Gasteiger partial charge in [0.05, 0.1) is 6.04 Å². The number of hydrogen-bond acceptors (Lipinski definition) is 6. The molecule has 4 rings (SSSR count). The minimum absolute atomic E-state index is 0.0474. The van der Waals surface area contributed by atoms with Crippen molar-refractivity contribution in [2.75, 3.05) is 13.1 Å². The largest absolute Gasteiger partial charge is 0.444 e. The van der Waals surface area contributed by atoms with Gasteiger partial charge in [0.25, 0.3) is 5.91 Å². The predicted octanol–water partition coefficient (Wildman–Crippen LogP) is 3.49. The second kappa shape index (κ2) is 12.8. The molecule has 0 aromatic heterocycles. The second-order valence-electron chi connectivity index (χ2n) is 14.4. The summed E-state index contributed by atoms with van der Waals surface area (Å²) in [5, 5.41) is 8.28. The van der Waals surface area contributed by atoms with Gasteiger partial charge in [-0.15, -0.1) is 6.58 Å². The Bertz CT molecular complexity index is 1070. The number of carbonyl (C=O) groups excluding carboxylic acids is 5. The number of rotatable bonds is 12. The Labute approximate surface area is 250 Å². The summed E-state index contributed by atoms with van der Waals surface area (Å²) in [5.74, 6) is -1.58. The maximum absolute atomic E-state index is 14.2. The Balaban J connectivity index is 1.54. The molecule has 4 fully saturated rings. The molecule has 1 aliphatic heterocycles. The van der Waals surface area contributed by atoms with Crippen LogP contribution in [0, 0.1) is 29.1 Å². The third-order valence-corrected chi connectivity index (χ3v) is 9.64. The first-order valence-corrected chi connectivity index (χ1v) is 15.8. The molecule has 0 aromatic carbocycles. The zero-order chi connectivity index (χ0) is 30.8. The number of carbonyl (C=O) groups is 5. The van der Waals surface area contributed by atoms with Gasteiger partial charge in [-0.1, -0.05) is 52.0 Å². The van der Waals surface area contributed by atoms with E-state index < -0.39 is 47.4 Å². The minimum atomic E-state index is -0.963. The summed E-state index contributed by atoms with van der Waals surface area (Å²) in [6.07, 6.45) is 8.83. The molecule has 5 atom stereocenters. The van der Waals surface area contributed by atoms with Gasteiger partial charge >= 0.3 is 6.09 Å².